The predicted molar refractivity (Wildman–Crippen MR) is 96.1 cm³/mol. The summed E-state index contributed by atoms with van der Waals surface area (Å²) in [6.07, 6.45) is 0. The molecule has 0 radical (unpaired) electrons. The van der Waals surface area contributed by atoms with Crippen LogP contribution in [0.1, 0.15) is 22.8 Å². The van der Waals surface area contributed by atoms with Crippen LogP contribution < -0.4 is 9.46 Å². The highest BCUT2D eigenvalue weighted by molar-refractivity contribution is 7.89. The van der Waals surface area contributed by atoms with Crippen molar-refractivity contribution in [1.29, 1.82) is 0 Å². The van der Waals surface area contributed by atoms with Crippen molar-refractivity contribution in [3.8, 4) is 5.75 Å². The van der Waals surface area contributed by atoms with Gasteiger partial charge in [0.2, 0.25) is 10.0 Å². The van der Waals surface area contributed by atoms with E-state index in [9.17, 15) is 13.2 Å². The van der Waals surface area contributed by atoms with Crippen LogP contribution in [0.4, 0.5) is 0 Å². The average molecular weight is 362 g/mol. The number of rotatable bonds is 7. The summed E-state index contributed by atoms with van der Waals surface area (Å²) in [5.74, 6) is 0.503. The Morgan fingerprint density at radius 2 is 1.84 bits per heavy atom. The molecule has 0 aliphatic rings. The van der Waals surface area contributed by atoms with Gasteiger partial charge in [-0.1, -0.05) is 25.1 Å². The second kappa shape index (κ2) is 8.13. The second-order valence-electron chi connectivity index (χ2n) is 5.54. The van der Waals surface area contributed by atoms with Crippen LogP contribution in [0, 0.1) is 0 Å². The fraction of sp³-hybridized carbons (Fsp3) is 0.278. The van der Waals surface area contributed by atoms with Crippen molar-refractivity contribution in [3.63, 3.8) is 0 Å². The van der Waals surface area contributed by atoms with Crippen molar-refractivity contribution in [2.24, 2.45) is 0 Å². The molecule has 2 aromatic rings. The van der Waals surface area contributed by atoms with E-state index < -0.39 is 10.0 Å². The van der Waals surface area contributed by atoms with Crippen LogP contribution in [0.15, 0.2) is 53.4 Å². The minimum Gasteiger partial charge on any atom is -0.497 e. The summed E-state index contributed by atoms with van der Waals surface area (Å²) in [5.41, 5.74) is 1.28. The van der Waals surface area contributed by atoms with Crippen molar-refractivity contribution in [2.75, 3.05) is 20.7 Å². The fourth-order valence-electron chi connectivity index (χ4n) is 2.37. The molecule has 7 heteroatoms. The highest BCUT2D eigenvalue weighted by Crippen LogP contribution is 2.16. The van der Waals surface area contributed by atoms with Gasteiger partial charge in [0.1, 0.15) is 5.75 Å². The van der Waals surface area contributed by atoms with Gasteiger partial charge in [0, 0.05) is 25.7 Å². The highest BCUT2D eigenvalue weighted by Gasteiger charge is 2.17. The lowest BCUT2D eigenvalue weighted by atomic mass is 10.1. The third-order valence-corrected chi connectivity index (χ3v) is 5.19. The number of hydrogen-bond donors (Lipinski definition) is 1. The topological polar surface area (TPSA) is 75.7 Å². The summed E-state index contributed by atoms with van der Waals surface area (Å²) < 4.78 is 31.7. The standard InChI is InChI=1S/C18H22N2O4S/c1-4-19-25(22,23)17-7-5-6-15(12-17)18(21)20(2)13-14-8-10-16(24-3)11-9-14/h5-12,19H,4,13H2,1-3H3. The number of nitrogens with one attached hydrogen (secondary N) is 1. The largest absolute Gasteiger partial charge is 0.497 e. The van der Waals surface area contributed by atoms with E-state index in [4.69, 9.17) is 4.74 Å². The lowest BCUT2D eigenvalue weighted by Crippen LogP contribution is -2.27. The number of methoxy groups -OCH3 is 1. The fourth-order valence-corrected chi connectivity index (χ4v) is 3.45. The molecule has 25 heavy (non-hydrogen) atoms. The third-order valence-electron chi connectivity index (χ3n) is 3.65. The van der Waals surface area contributed by atoms with Crippen LogP contribution in [0.5, 0.6) is 5.75 Å². The summed E-state index contributed by atoms with van der Waals surface area (Å²) >= 11 is 0. The molecule has 2 aromatic carbocycles. The van der Waals surface area contributed by atoms with Crippen LogP contribution in [0.3, 0.4) is 0 Å². The molecule has 0 unspecified atom stereocenters. The molecular formula is C18H22N2O4S. The lowest BCUT2D eigenvalue weighted by molar-refractivity contribution is 0.0785. The van der Waals surface area contributed by atoms with Crippen LogP contribution >= 0.6 is 0 Å². The Morgan fingerprint density at radius 3 is 2.44 bits per heavy atom. The maximum absolute atomic E-state index is 12.6. The molecule has 0 atom stereocenters. The molecule has 0 aliphatic carbocycles. The molecule has 1 amide bonds. The summed E-state index contributed by atoms with van der Waals surface area (Å²) in [6.45, 7) is 2.40. The average Bonchev–Trinajstić information content (AvgIpc) is 2.61. The first-order valence-corrected chi connectivity index (χ1v) is 9.34. The van der Waals surface area contributed by atoms with Gasteiger partial charge in [-0.25, -0.2) is 13.1 Å². The van der Waals surface area contributed by atoms with Crippen molar-refractivity contribution in [1.82, 2.24) is 9.62 Å². The van der Waals surface area contributed by atoms with Gasteiger partial charge in [-0.15, -0.1) is 0 Å². The number of ether oxygens (including phenoxy) is 1. The normalized spacial score (nSPS) is 11.2. The molecule has 1 N–H and O–H groups in total. The van der Waals surface area contributed by atoms with Gasteiger partial charge in [0.15, 0.2) is 0 Å². The zero-order chi connectivity index (χ0) is 18.4. The number of benzene rings is 2. The SMILES string of the molecule is CCNS(=O)(=O)c1cccc(C(=O)N(C)Cc2ccc(OC)cc2)c1. The maximum Gasteiger partial charge on any atom is 0.253 e. The predicted octanol–water partition coefficient (Wildman–Crippen LogP) is 2.27. The van der Waals surface area contributed by atoms with Gasteiger partial charge in [-0.3, -0.25) is 4.79 Å². The summed E-state index contributed by atoms with van der Waals surface area (Å²) in [7, 11) is -0.318. The molecule has 0 aromatic heterocycles. The number of nitrogens with zero attached hydrogens (tertiary/aromatic N) is 1. The van der Waals surface area contributed by atoms with E-state index in [-0.39, 0.29) is 17.3 Å². The van der Waals surface area contributed by atoms with E-state index in [0.29, 0.717) is 12.1 Å². The zero-order valence-electron chi connectivity index (χ0n) is 14.5. The smallest absolute Gasteiger partial charge is 0.253 e. The molecule has 0 saturated carbocycles. The molecular weight excluding hydrogens is 340 g/mol. The van der Waals surface area contributed by atoms with Crippen molar-refractivity contribution < 1.29 is 17.9 Å². The lowest BCUT2D eigenvalue weighted by Gasteiger charge is -2.18. The van der Waals surface area contributed by atoms with Crippen molar-refractivity contribution >= 4 is 15.9 Å². The minimum absolute atomic E-state index is 0.0815. The second-order valence-corrected chi connectivity index (χ2v) is 7.31. The van der Waals surface area contributed by atoms with Crippen LogP contribution in [0.25, 0.3) is 0 Å². The molecule has 0 spiro atoms. The first-order chi connectivity index (χ1) is 11.9. The van der Waals surface area contributed by atoms with E-state index in [1.165, 1.54) is 12.1 Å². The number of carbonyl (C=O) groups is 1. The summed E-state index contributed by atoms with van der Waals surface area (Å²) in [5, 5.41) is 0. The van der Waals surface area contributed by atoms with Gasteiger partial charge in [-0.2, -0.15) is 0 Å². The summed E-state index contributed by atoms with van der Waals surface area (Å²) in [4.78, 5) is 14.2. The van der Waals surface area contributed by atoms with Crippen molar-refractivity contribution in [2.45, 2.75) is 18.4 Å². The monoisotopic (exact) mass is 362 g/mol. The Kier molecular flexibility index (Phi) is 6.17. The Bertz CT molecular complexity index is 832. The zero-order valence-corrected chi connectivity index (χ0v) is 15.3. The van der Waals surface area contributed by atoms with Gasteiger partial charge < -0.3 is 9.64 Å². The Labute approximate surface area is 148 Å². The number of carbonyl (C=O) groups excluding carboxylic acids is 1. The molecule has 0 bridgehead atoms. The molecule has 0 aliphatic heterocycles. The van der Waals surface area contributed by atoms with E-state index in [2.05, 4.69) is 4.72 Å². The molecule has 0 heterocycles. The molecule has 6 nitrogen and oxygen atoms in total. The molecule has 134 valence electrons. The Morgan fingerprint density at radius 1 is 1.16 bits per heavy atom. The first kappa shape index (κ1) is 19.0. The quantitative estimate of drug-likeness (QED) is 0.820. The van der Waals surface area contributed by atoms with E-state index in [1.807, 2.05) is 24.3 Å². The van der Waals surface area contributed by atoms with Gasteiger partial charge >= 0.3 is 0 Å². The minimum atomic E-state index is -3.59. The Balaban J connectivity index is 2.16. The van der Waals surface area contributed by atoms with Gasteiger partial charge in [0.25, 0.3) is 5.91 Å². The van der Waals surface area contributed by atoms with E-state index in [0.717, 1.165) is 11.3 Å². The van der Waals surface area contributed by atoms with Gasteiger partial charge in [0.05, 0.1) is 12.0 Å². The first-order valence-electron chi connectivity index (χ1n) is 7.85. The molecule has 0 saturated heterocycles. The summed E-state index contributed by atoms with van der Waals surface area (Å²) in [6, 6.07) is 13.5. The number of hydrogen-bond acceptors (Lipinski definition) is 4. The number of sulfonamides is 1. The highest BCUT2D eigenvalue weighted by atomic mass is 32.2. The van der Waals surface area contributed by atoms with E-state index >= 15 is 0 Å². The Hall–Kier alpha value is -2.38. The van der Waals surface area contributed by atoms with Crippen LogP contribution in [0.2, 0.25) is 0 Å². The van der Waals surface area contributed by atoms with Crippen LogP contribution in [-0.4, -0.2) is 39.9 Å². The molecule has 0 fully saturated rings. The number of amides is 1. The maximum atomic E-state index is 12.6. The third kappa shape index (κ3) is 4.80. The van der Waals surface area contributed by atoms with Crippen molar-refractivity contribution in [3.05, 3.63) is 59.7 Å². The van der Waals surface area contributed by atoms with Crippen LogP contribution in [-0.2, 0) is 16.6 Å². The van der Waals surface area contributed by atoms with Gasteiger partial charge in [-0.05, 0) is 35.9 Å². The molecule has 2 rings (SSSR count). The van der Waals surface area contributed by atoms with E-state index in [1.54, 1.807) is 38.1 Å².